The lowest BCUT2D eigenvalue weighted by molar-refractivity contribution is 0.284. The second-order valence-corrected chi connectivity index (χ2v) is 4.35. The van der Waals surface area contributed by atoms with E-state index in [0.717, 1.165) is 0 Å². The van der Waals surface area contributed by atoms with Gasteiger partial charge in [-0.1, -0.05) is 23.7 Å². The Kier molecular flexibility index (Phi) is 3.82. The van der Waals surface area contributed by atoms with Crippen molar-refractivity contribution >= 4 is 11.6 Å². The Morgan fingerprint density at radius 3 is 2.72 bits per heavy atom. The zero-order valence-corrected chi connectivity index (χ0v) is 10.5. The molecule has 0 aromatic heterocycles. The minimum atomic E-state index is -0.431. The Morgan fingerprint density at radius 1 is 1.17 bits per heavy atom. The SMILES string of the molecule is Cc1cccc(OCc2cc(Cl)ccc2F)c1F. The van der Waals surface area contributed by atoms with Crippen LogP contribution >= 0.6 is 11.6 Å². The van der Waals surface area contributed by atoms with Gasteiger partial charge in [-0.05, 0) is 36.8 Å². The van der Waals surface area contributed by atoms with Gasteiger partial charge in [-0.3, -0.25) is 0 Å². The van der Waals surface area contributed by atoms with Crippen molar-refractivity contribution in [3.8, 4) is 5.75 Å². The fourth-order valence-corrected chi connectivity index (χ4v) is 1.74. The molecule has 0 bridgehead atoms. The van der Waals surface area contributed by atoms with E-state index in [2.05, 4.69) is 0 Å². The van der Waals surface area contributed by atoms with Crippen LogP contribution in [0.3, 0.4) is 0 Å². The van der Waals surface area contributed by atoms with Crippen LogP contribution in [0.15, 0.2) is 36.4 Å². The lowest BCUT2D eigenvalue weighted by Gasteiger charge is -2.09. The molecule has 0 unspecified atom stereocenters. The summed E-state index contributed by atoms with van der Waals surface area (Å²) in [6.45, 7) is 1.58. The van der Waals surface area contributed by atoms with Gasteiger partial charge in [0.2, 0.25) is 0 Å². The van der Waals surface area contributed by atoms with E-state index in [0.29, 0.717) is 16.1 Å². The summed E-state index contributed by atoms with van der Waals surface area (Å²) in [7, 11) is 0. The van der Waals surface area contributed by atoms with Crippen LogP contribution in [0.2, 0.25) is 5.02 Å². The molecule has 18 heavy (non-hydrogen) atoms. The van der Waals surface area contributed by atoms with Crippen molar-refractivity contribution < 1.29 is 13.5 Å². The maximum atomic E-state index is 13.6. The van der Waals surface area contributed by atoms with Crippen LogP contribution in [0.4, 0.5) is 8.78 Å². The monoisotopic (exact) mass is 268 g/mol. The number of hydrogen-bond donors (Lipinski definition) is 0. The molecule has 2 aromatic rings. The Morgan fingerprint density at radius 2 is 1.94 bits per heavy atom. The van der Waals surface area contributed by atoms with Crippen molar-refractivity contribution in [2.24, 2.45) is 0 Å². The third-order valence-corrected chi connectivity index (χ3v) is 2.78. The second kappa shape index (κ2) is 5.36. The first-order valence-electron chi connectivity index (χ1n) is 5.40. The maximum Gasteiger partial charge on any atom is 0.167 e. The fourth-order valence-electron chi connectivity index (χ4n) is 1.54. The van der Waals surface area contributed by atoms with Crippen molar-refractivity contribution in [1.29, 1.82) is 0 Å². The third kappa shape index (κ3) is 2.79. The molecular weight excluding hydrogens is 258 g/mol. The Bertz CT molecular complexity index is 568. The lowest BCUT2D eigenvalue weighted by Crippen LogP contribution is -2.00. The average molecular weight is 269 g/mol. The van der Waals surface area contributed by atoms with Crippen LogP contribution in [0, 0.1) is 18.6 Å². The number of halogens is 3. The van der Waals surface area contributed by atoms with E-state index in [1.54, 1.807) is 19.1 Å². The van der Waals surface area contributed by atoms with E-state index < -0.39 is 11.6 Å². The minimum Gasteiger partial charge on any atom is -0.486 e. The predicted molar refractivity (Wildman–Crippen MR) is 66.9 cm³/mol. The normalized spacial score (nSPS) is 10.4. The zero-order chi connectivity index (χ0) is 13.1. The topological polar surface area (TPSA) is 9.23 Å². The van der Waals surface area contributed by atoms with Crippen molar-refractivity contribution in [2.45, 2.75) is 13.5 Å². The molecule has 0 atom stereocenters. The van der Waals surface area contributed by atoms with Gasteiger partial charge in [0, 0.05) is 10.6 Å². The third-order valence-electron chi connectivity index (χ3n) is 2.55. The van der Waals surface area contributed by atoms with Gasteiger partial charge in [-0.15, -0.1) is 0 Å². The van der Waals surface area contributed by atoms with E-state index in [-0.39, 0.29) is 12.4 Å². The summed E-state index contributed by atoms with van der Waals surface area (Å²) < 4.78 is 32.3. The van der Waals surface area contributed by atoms with E-state index in [9.17, 15) is 8.78 Å². The molecule has 0 aliphatic rings. The summed E-state index contributed by atoms with van der Waals surface area (Å²) in [4.78, 5) is 0. The molecular formula is C14H11ClF2O. The maximum absolute atomic E-state index is 13.6. The Balaban J connectivity index is 2.16. The molecule has 0 radical (unpaired) electrons. The smallest absolute Gasteiger partial charge is 0.167 e. The quantitative estimate of drug-likeness (QED) is 0.796. The first-order chi connectivity index (χ1) is 8.58. The summed E-state index contributed by atoms with van der Waals surface area (Å²) >= 11 is 5.76. The fraction of sp³-hybridized carbons (Fsp3) is 0.143. The van der Waals surface area contributed by atoms with Gasteiger partial charge < -0.3 is 4.74 Å². The largest absolute Gasteiger partial charge is 0.486 e. The summed E-state index contributed by atoms with van der Waals surface area (Å²) in [6, 6.07) is 9.00. The van der Waals surface area contributed by atoms with E-state index >= 15 is 0 Å². The Hall–Kier alpha value is -1.61. The van der Waals surface area contributed by atoms with Crippen molar-refractivity contribution in [1.82, 2.24) is 0 Å². The molecule has 0 spiro atoms. The summed E-state index contributed by atoms with van der Waals surface area (Å²) in [6.07, 6.45) is 0. The highest BCUT2D eigenvalue weighted by molar-refractivity contribution is 6.30. The summed E-state index contributed by atoms with van der Waals surface area (Å²) in [5, 5.41) is 0.416. The van der Waals surface area contributed by atoms with Gasteiger partial charge in [0.15, 0.2) is 11.6 Å². The highest BCUT2D eigenvalue weighted by atomic mass is 35.5. The number of benzene rings is 2. The van der Waals surface area contributed by atoms with Gasteiger partial charge in [-0.2, -0.15) is 0 Å². The second-order valence-electron chi connectivity index (χ2n) is 3.91. The molecule has 1 nitrogen and oxygen atoms in total. The van der Waals surface area contributed by atoms with E-state index in [1.807, 2.05) is 0 Å². The standard InChI is InChI=1S/C14H11ClF2O/c1-9-3-2-4-13(14(9)17)18-8-10-7-11(15)5-6-12(10)16/h2-7H,8H2,1H3. The lowest BCUT2D eigenvalue weighted by atomic mass is 10.2. The molecule has 2 aromatic carbocycles. The molecule has 2 rings (SSSR count). The molecule has 0 aliphatic carbocycles. The van der Waals surface area contributed by atoms with Gasteiger partial charge in [-0.25, -0.2) is 8.78 Å². The molecule has 0 saturated heterocycles. The molecule has 0 amide bonds. The van der Waals surface area contributed by atoms with Gasteiger partial charge in [0.1, 0.15) is 12.4 Å². The molecule has 0 heterocycles. The van der Waals surface area contributed by atoms with Crippen LogP contribution in [-0.4, -0.2) is 0 Å². The van der Waals surface area contributed by atoms with Crippen LogP contribution < -0.4 is 4.74 Å². The number of rotatable bonds is 3. The summed E-state index contributed by atoms with van der Waals surface area (Å²) in [5.74, 6) is -0.748. The predicted octanol–water partition coefficient (Wildman–Crippen LogP) is 4.51. The van der Waals surface area contributed by atoms with Crippen LogP contribution in [0.1, 0.15) is 11.1 Å². The molecule has 0 aliphatic heterocycles. The van der Waals surface area contributed by atoms with Crippen LogP contribution in [-0.2, 0) is 6.61 Å². The molecule has 94 valence electrons. The van der Waals surface area contributed by atoms with Crippen LogP contribution in [0.25, 0.3) is 0 Å². The number of ether oxygens (including phenoxy) is 1. The molecule has 4 heteroatoms. The molecule has 0 N–H and O–H groups in total. The van der Waals surface area contributed by atoms with Gasteiger partial charge in [0.05, 0.1) is 0 Å². The first kappa shape index (κ1) is 12.8. The van der Waals surface area contributed by atoms with Crippen molar-refractivity contribution in [3.05, 3.63) is 64.2 Å². The van der Waals surface area contributed by atoms with Gasteiger partial charge in [0.25, 0.3) is 0 Å². The zero-order valence-electron chi connectivity index (χ0n) is 9.71. The molecule has 0 fully saturated rings. The van der Waals surface area contributed by atoms with E-state index in [4.69, 9.17) is 16.3 Å². The summed E-state index contributed by atoms with van der Waals surface area (Å²) in [5.41, 5.74) is 0.780. The van der Waals surface area contributed by atoms with Crippen molar-refractivity contribution in [2.75, 3.05) is 0 Å². The highest BCUT2D eigenvalue weighted by Crippen LogP contribution is 2.22. The van der Waals surface area contributed by atoms with Crippen LogP contribution in [0.5, 0.6) is 5.75 Å². The minimum absolute atomic E-state index is 0.0627. The van der Waals surface area contributed by atoms with Gasteiger partial charge >= 0.3 is 0 Å². The number of hydrogen-bond acceptors (Lipinski definition) is 1. The molecule has 0 saturated carbocycles. The van der Waals surface area contributed by atoms with Crippen molar-refractivity contribution in [3.63, 3.8) is 0 Å². The average Bonchev–Trinajstić information content (AvgIpc) is 2.35. The van der Waals surface area contributed by atoms with E-state index in [1.165, 1.54) is 24.3 Å². The number of aryl methyl sites for hydroxylation is 1. The highest BCUT2D eigenvalue weighted by Gasteiger charge is 2.08. The Labute approximate surface area is 109 Å². The first-order valence-corrected chi connectivity index (χ1v) is 5.77.